The van der Waals surface area contributed by atoms with Crippen molar-refractivity contribution >= 4 is 47.3 Å². The molecule has 0 radical (unpaired) electrons. The van der Waals surface area contributed by atoms with Gasteiger partial charge in [-0.05, 0) is 72.6 Å². The third-order valence-corrected chi connectivity index (χ3v) is 5.66. The molecule has 3 aromatic rings. The van der Waals surface area contributed by atoms with Crippen LogP contribution in [0.15, 0.2) is 76.7 Å². The minimum absolute atomic E-state index is 0.0768. The largest absolute Gasteiger partial charge is 0.452 e. The first-order valence-electron chi connectivity index (χ1n) is 12.6. The van der Waals surface area contributed by atoms with E-state index in [1.807, 2.05) is 0 Å². The molecule has 3 aromatic carbocycles. The highest BCUT2D eigenvalue weighted by Crippen LogP contribution is 2.21. The minimum atomic E-state index is -1.35. The number of isocyanates is 2. The lowest BCUT2D eigenvalue weighted by atomic mass is 10.0. The molecule has 0 saturated heterocycles. The smallest absolute Gasteiger partial charge is 0.349 e. The molecule has 1 amide bonds. The van der Waals surface area contributed by atoms with Crippen LogP contribution in [0.2, 0.25) is 0 Å². The molecule has 0 saturated carbocycles. The van der Waals surface area contributed by atoms with Gasteiger partial charge in [0.25, 0.3) is 12.2 Å². The molecular formula is C30H22N4O10. The van der Waals surface area contributed by atoms with Crippen molar-refractivity contribution in [2.75, 3.05) is 13.2 Å². The Morgan fingerprint density at radius 2 is 1.50 bits per heavy atom. The second-order valence-electron chi connectivity index (χ2n) is 8.72. The van der Waals surface area contributed by atoms with Crippen molar-refractivity contribution in [2.24, 2.45) is 9.98 Å². The molecule has 0 heterocycles. The number of aryl methyl sites for hydroxylation is 1. The molecule has 0 aliphatic heterocycles. The number of nitriles is 1. The normalized spacial score (nSPS) is 10.5. The molecule has 222 valence electrons. The third kappa shape index (κ3) is 9.90. The minimum Gasteiger partial charge on any atom is -0.452 e. The maximum absolute atomic E-state index is 13.0. The summed E-state index contributed by atoms with van der Waals surface area (Å²) >= 11 is 0. The lowest BCUT2D eigenvalue weighted by Gasteiger charge is -2.18. The van der Waals surface area contributed by atoms with Crippen LogP contribution in [0.3, 0.4) is 0 Å². The van der Waals surface area contributed by atoms with Crippen LogP contribution in [-0.4, -0.2) is 55.2 Å². The molecule has 0 aliphatic rings. The van der Waals surface area contributed by atoms with E-state index in [4.69, 9.17) is 24.2 Å². The fourth-order valence-electron chi connectivity index (χ4n) is 3.57. The zero-order chi connectivity index (χ0) is 31.9. The number of benzene rings is 3. The van der Waals surface area contributed by atoms with Crippen LogP contribution in [0, 0.1) is 18.4 Å². The quantitative estimate of drug-likeness (QED) is 0.0997. The summed E-state index contributed by atoms with van der Waals surface area (Å²) in [5, 5.41) is 11.3. The summed E-state index contributed by atoms with van der Waals surface area (Å²) < 4.78 is 20.1. The van der Waals surface area contributed by atoms with Crippen molar-refractivity contribution in [3.63, 3.8) is 0 Å². The number of carbonyl (C=O) groups is 4. The van der Waals surface area contributed by atoms with Crippen LogP contribution < -0.4 is 14.8 Å². The van der Waals surface area contributed by atoms with E-state index in [9.17, 15) is 28.8 Å². The highest BCUT2D eigenvalue weighted by atomic mass is 16.6. The topological polar surface area (TPSA) is 200 Å². The highest BCUT2D eigenvalue weighted by Gasteiger charge is 2.25. The Morgan fingerprint density at radius 1 is 0.864 bits per heavy atom. The van der Waals surface area contributed by atoms with Gasteiger partial charge in [-0.2, -0.15) is 9.98 Å². The Morgan fingerprint density at radius 3 is 2.11 bits per heavy atom. The van der Waals surface area contributed by atoms with Crippen LogP contribution in [0.25, 0.3) is 0 Å². The summed E-state index contributed by atoms with van der Waals surface area (Å²) in [7, 11) is 0. The Kier molecular flexibility index (Phi) is 11.8. The van der Waals surface area contributed by atoms with Gasteiger partial charge < -0.3 is 24.3 Å². The van der Waals surface area contributed by atoms with Gasteiger partial charge in [-0.3, -0.25) is 4.79 Å². The number of hydrogen-bond acceptors (Lipinski definition) is 13. The Balaban J connectivity index is 1.66. The van der Waals surface area contributed by atoms with E-state index in [1.165, 1.54) is 66.8 Å². The monoisotopic (exact) mass is 598 g/mol. The first-order chi connectivity index (χ1) is 21.2. The second-order valence-corrected chi connectivity index (χ2v) is 8.72. The van der Waals surface area contributed by atoms with E-state index in [0.29, 0.717) is 11.1 Å². The Bertz CT molecular complexity index is 1670. The third-order valence-electron chi connectivity index (χ3n) is 5.66. The van der Waals surface area contributed by atoms with Crippen molar-refractivity contribution in [1.29, 1.82) is 5.26 Å². The average molecular weight is 599 g/mol. The first-order valence-corrected chi connectivity index (χ1v) is 12.6. The maximum Gasteiger partial charge on any atom is 0.349 e. The molecule has 1 unspecified atom stereocenters. The van der Waals surface area contributed by atoms with Gasteiger partial charge in [0.2, 0.25) is 12.2 Å². The van der Waals surface area contributed by atoms with E-state index in [-0.39, 0.29) is 34.9 Å². The average Bonchev–Trinajstić information content (AvgIpc) is 3.01. The van der Waals surface area contributed by atoms with Crippen molar-refractivity contribution in [1.82, 2.24) is 5.32 Å². The highest BCUT2D eigenvalue weighted by molar-refractivity contribution is 5.92. The number of nitrogens with one attached hydrogen (secondary N) is 1. The van der Waals surface area contributed by atoms with Gasteiger partial charge in [-0.1, -0.05) is 12.1 Å². The van der Waals surface area contributed by atoms with Crippen molar-refractivity contribution in [2.45, 2.75) is 19.4 Å². The van der Waals surface area contributed by atoms with E-state index in [1.54, 1.807) is 25.3 Å². The number of amides is 1. The van der Waals surface area contributed by atoms with E-state index >= 15 is 0 Å². The second kappa shape index (κ2) is 16.1. The number of hydrogen-bond donors (Lipinski definition) is 1. The number of carbonyl (C=O) groups excluding carboxylic acids is 6. The summed E-state index contributed by atoms with van der Waals surface area (Å²) in [5.41, 5.74) is 1.75. The summed E-state index contributed by atoms with van der Waals surface area (Å²) in [4.78, 5) is 77.7. The predicted octanol–water partition coefficient (Wildman–Crippen LogP) is 2.82. The summed E-state index contributed by atoms with van der Waals surface area (Å²) in [6.07, 6.45) is 4.17. The molecule has 0 bridgehead atoms. The standard InChI is InChI=1S/C30H22N4O10/c1-19-2-3-20(13-26(19)43-16-31)12-25(30(40)42-15-28(38)44-24-10-8-23(9-11-24)33-18-36)34-27(37)14-41-29(39)21-4-6-22(7-5-21)32-17-35/h2-11,13,25H,12,14-15H2,1H3,(H,34,37). The van der Waals surface area contributed by atoms with Gasteiger partial charge in [0.1, 0.15) is 17.5 Å². The molecule has 1 atom stereocenters. The molecule has 1 N–H and O–H groups in total. The molecule has 0 aromatic heterocycles. The summed E-state index contributed by atoms with van der Waals surface area (Å²) in [5.74, 6) is -3.33. The van der Waals surface area contributed by atoms with E-state index in [0.717, 1.165) is 0 Å². The van der Waals surface area contributed by atoms with Gasteiger partial charge in [0.15, 0.2) is 13.2 Å². The van der Waals surface area contributed by atoms with Crippen LogP contribution in [0.4, 0.5) is 11.4 Å². The summed E-state index contributed by atoms with van der Waals surface area (Å²) in [6, 6.07) is 14.4. The zero-order valence-corrected chi connectivity index (χ0v) is 23.0. The molecule has 0 aliphatic carbocycles. The van der Waals surface area contributed by atoms with Gasteiger partial charge in [-0.15, -0.1) is 5.26 Å². The van der Waals surface area contributed by atoms with Crippen LogP contribution >= 0.6 is 0 Å². The van der Waals surface area contributed by atoms with Crippen LogP contribution in [0.5, 0.6) is 11.5 Å². The van der Waals surface area contributed by atoms with Crippen LogP contribution in [-0.2, 0) is 39.9 Å². The molecule has 44 heavy (non-hydrogen) atoms. The number of aliphatic imine (C=N–C) groups is 2. The zero-order valence-electron chi connectivity index (χ0n) is 23.0. The SMILES string of the molecule is Cc1ccc(CC(NC(=O)COC(=O)c2ccc(N=C=O)cc2)C(=O)OCC(=O)Oc2ccc(N=C=O)cc2)cc1OC#N. The fourth-order valence-corrected chi connectivity index (χ4v) is 3.57. The Hall–Kier alpha value is -6.41. The van der Waals surface area contributed by atoms with Gasteiger partial charge in [0.05, 0.1) is 16.9 Å². The molecule has 14 nitrogen and oxygen atoms in total. The van der Waals surface area contributed by atoms with Gasteiger partial charge in [-0.25, -0.2) is 24.0 Å². The van der Waals surface area contributed by atoms with Gasteiger partial charge in [0, 0.05) is 6.42 Å². The molecule has 0 spiro atoms. The molecule has 0 fully saturated rings. The number of esters is 3. The molecular weight excluding hydrogens is 576 g/mol. The first kappa shape index (κ1) is 32.1. The number of rotatable bonds is 13. The maximum atomic E-state index is 13.0. The number of nitrogens with zero attached hydrogens (tertiary/aromatic N) is 3. The molecule has 14 heteroatoms. The molecule has 3 rings (SSSR count). The summed E-state index contributed by atoms with van der Waals surface area (Å²) in [6.45, 7) is 0.130. The predicted molar refractivity (Wildman–Crippen MR) is 148 cm³/mol. The van der Waals surface area contributed by atoms with Crippen LogP contribution in [0.1, 0.15) is 21.5 Å². The van der Waals surface area contributed by atoms with Crippen molar-refractivity contribution < 1.29 is 47.7 Å². The lowest BCUT2D eigenvalue weighted by Crippen LogP contribution is -2.45. The van der Waals surface area contributed by atoms with Gasteiger partial charge >= 0.3 is 17.9 Å². The fraction of sp³-hybridized carbons (Fsp3) is 0.167. The lowest BCUT2D eigenvalue weighted by molar-refractivity contribution is -0.156. The van der Waals surface area contributed by atoms with E-state index < -0.39 is 43.1 Å². The number of ether oxygens (including phenoxy) is 4. The van der Waals surface area contributed by atoms with Crippen molar-refractivity contribution in [3.8, 4) is 17.8 Å². The van der Waals surface area contributed by atoms with Crippen molar-refractivity contribution in [3.05, 3.63) is 83.4 Å². The van der Waals surface area contributed by atoms with E-state index in [2.05, 4.69) is 15.3 Å². The Labute approximate surface area is 249 Å².